The number of H-pyrrole nitrogens is 1. The van der Waals surface area contributed by atoms with Gasteiger partial charge >= 0.3 is 19.4 Å². The summed E-state index contributed by atoms with van der Waals surface area (Å²) in [5.41, 5.74) is 0.238. The number of esters is 1. The second-order valence-electron chi connectivity index (χ2n) is 7.50. The molecule has 12 heteroatoms. The minimum absolute atomic E-state index is 0.200. The van der Waals surface area contributed by atoms with Crippen LogP contribution in [0.25, 0.3) is 0 Å². The van der Waals surface area contributed by atoms with E-state index in [-0.39, 0.29) is 12.4 Å². The van der Waals surface area contributed by atoms with Crippen LogP contribution in [0.1, 0.15) is 24.3 Å². The van der Waals surface area contributed by atoms with E-state index in [2.05, 4.69) is 14.8 Å². The Morgan fingerprint density at radius 1 is 1.24 bits per heavy atom. The van der Waals surface area contributed by atoms with Crippen molar-refractivity contribution in [2.24, 2.45) is 0 Å². The Kier molecular flexibility index (Phi) is 7.70. The van der Waals surface area contributed by atoms with Crippen LogP contribution in [0.2, 0.25) is 0 Å². The zero-order valence-corrected chi connectivity index (χ0v) is 19.5. The van der Waals surface area contributed by atoms with Crippen molar-refractivity contribution in [3.63, 3.8) is 0 Å². The van der Waals surface area contributed by atoms with E-state index in [9.17, 15) is 18.9 Å². The summed E-state index contributed by atoms with van der Waals surface area (Å²) < 4.78 is 36.2. The zero-order chi connectivity index (χ0) is 24.2. The molecule has 1 aliphatic rings. The van der Waals surface area contributed by atoms with Gasteiger partial charge in [-0.15, -0.1) is 0 Å². The minimum atomic E-state index is -4.03. The normalized spacial score (nSPS) is 20.2. The average molecular weight is 479 g/mol. The maximum atomic E-state index is 13.4. The predicted octanol–water partition coefficient (Wildman–Crippen LogP) is 1.96. The molecule has 1 unspecified atom stereocenters. The molecule has 0 bridgehead atoms. The number of hydrogen-bond acceptors (Lipinski definition) is 8. The number of rotatable bonds is 9. The lowest BCUT2D eigenvalue weighted by Gasteiger charge is -2.24. The number of carbonyl (C=O) groups excluding carboxylic acids is 1. The molecule has 11 nitrogen and oxygen atoms in total. The van der Waals surface area contributed by atoms with Gasteiger partial charge in [0.2, 0.25) is 0 Å². The molecule has 0 saturated carbocycles. The first-order valence-electron chi connectivity index (χ1n) is 10.1. The van der Waals surface area contributed by atoms with Gasteiger partial charge in [-0.2, -0.15) is 5.09 Å². The Morgan fingerprint density at radius 2 is 1.94 bits per heavy atom. The summed E-state index contributed by atoms with van der Waals surface area (Å²) in [7, 11) is -2.82. The Morgan fingerprint density at radius 3 is 2.61 bits per heavy atom. The SMILES string of the molecule is COC(=O)[C@H](C)NP(=O)(OC[C@@H]1C=C[C@H](n2cc(C)c(=O)[nH]c2=O)O1)Oc1ccc(C)cc1. The van der Waals surface area contributed by atoms with Crippen LogP contribution in [-0.2, 0) is 23.4 Å². The molecule has 3 rings (SSSR count). The van der Waals surface area contributed by atoms with Gasteiger partial charge in [-0.05, 0) is 39.0 Å². The standard InChI is InChI=1S/C21H26N3O8P/c1-13-5-7-16(8-6-13)32-33(28,23-15(3)20(26)29-4)30-12-17-9-10-18(31-17)24-11-14(2)19(25)22-21(24)27/h5-11,15,17-18H,12H2,1-4H3,(H,23,28)(H,22,25,27)/t15-,17-,18+,33?/m0/s1. The van der Waals surface area contributed by atoms with Gasteiger partial charge < -0.3 is 14.0 Å². The molecule has 0 fully saturated rings. The number of methoxy groups -OCH3 is 1. The van der Waals surface area contributed by atoms with Crippen LogP contribution in [0.3, 0.4) is 0 Å². The fourth-order valence-corrected chi connectivity index (χ4v) is 4.49. The zero-order valence-electron chi connectivity index (χ0n) is 18.6. The van der Waals surface area contributed by atoms with Crippen molar-refractivity contribution < 1.29 is 27.9 Å². The molecule has 1 aromatic heterocycles. The van der Waals surface area contributed by atoms with Crippen LogP contribution in [-0.4, -0.2) is 41.4 Å². The van der Waals surface area contributed by atoms with Gasteiger partial charge in [-0.3, -0.25) is 23.7 Å². The second kappa shape index (κ2) is 10.3. The Bertz CT molecular complexity index is 1190. The third kappa shape index (κ3) is 6.29. The molecule has 0 spiro atoms. The number of aryl methyl sites for hydroxylation is 2. The van der Waals surface area contributed by atoms with Crippen LogP contribution in [0.15, 0.2) is 52.2 Å². The number of benzene rings is 1. The molecule has 0 radical (unpaired) electrons. The molecule has 0 amide bonds. The van der Waals surface area contributed by atoms with E-state index in [4.69, 9.17) is 13.8 Å². The first-order chi connectivity index (χ1) is 15.6. The van der Waals surface area contributed by atoms with Gasteiger partial charge in [0.1, 0.15) is 17.9 Å². The van der Waals surface area contributed by atoms with Gasteiger partial charge in [0, 0.05) is 11.8 Å². The molecule has 33 heavy (non-hydrogen) atoms. The first-order valence-corrected chi connectivity index (χ1v) is 11.7. The molecule has 2 aromatic rings. The molecule has 2 heterocycles. The number of nitrogens with zero attached hydrogens (tertiary/aromatic N) is 1. The smallest absolute Gasteiger partial charge is 0.459 e. The van der Waals surface area contributed by atoms with Crippen LogP contribution >= 0.6 is 7.75 Å². The van der Waals surface area contributed by atoms with Crippen molar-refractivity contribution >= 4 is 13.7 Å². The summed E-state index contributed by atoms with van der Waals surface area (Å²) in [5.74, 6) is -0.360. The summed E-state index contributed by atoms with van der Waals surface area (Å²) in [6, 6.07) is 5.84. The molecule has 1 aromatic carbocycles. The number of aromatic nitrogens is 2. The van der Waals surface area contributed by atoms with E-state index in [1.54, 1.807) is 43.3 Å². The van der Waals surface area contributed by atoms with E-state index in [1.165, 1.54) is 24.8 Å². The van der Waals surface area contributed by atoms with E-state index in [1.807, 2.05) is 6.92 Å². The highest BCUT2D eigenvalue weighted by Gasteiger charge is 2.34. The highest BCUT2D eigenvalue weighted by atomic mass is 31.2. The van der Waals surface area contributed by atoms with Gasteiger partial charge in [0.25, 0.3) is 5.56 Å². The van der Waals surface area contributed by atoms with Crippen molar-refractivity contribution in [1.29, 1.82) is 0 Å². The number of ether oxygens (including phenoxy) is 2. The fourth-order valence-electron chi connectivity index (χ4n) is 2.98. The van der Waals surface area contributed by atoms with Crippen molar-refractivity contribution in [3.05, 3.63) is 74.6 Å². The van der Waals surface area contributed by atoms with Crippen molar-refractivity contribution in [3.8, 4) is 5.75 Å². The van der Waals surface area contributed by atoms with Crippen molar-refractivity contribution in [2.75, 3.05) is 13.7 Å². The first kappa shape index (κ1) is 24.7. The number of nitrogens with one attached hydrogen (secondary N) is 2. The van der Waals surface area contributed by atoms with Crippen LogP contribution in [0, 0.1) is 13.8 Å². The van der Waals surface area contributed by atoms with Crippen molar-refractivity contribution in [1.82, 2.24) is 14.6 Å². The molecular weight excluding hydrogens is 453 g/mol. The molecule has 2 N–H and O–H groups in total. The number of hydrogen-bond donors (Lipinski definition) is 2. The molecule has 4 atom stereocenters. The van der Waals surface area contributed by atoms with Crippen LogP contribution < -0.4 is 20.9 Å². The maximum Gasteiger partial charge on any atom is 0.459 e. The summed E-state index contributed by atoms with van der Waals surface area (Å²) in [5, 5.41) is 2.56. The molecule has 0 saturated heterocycles. The monoisotopic (exact) mass is 479 g/mol. The van der Waals surface area contributed by atoms with E-state index >= 15 is 0 Å². The minimum Gasteiger partial charge on any atom is -0.468 e. The van der Waals surface area contributed by atoms with E-state index in [0.717, 1.165) is 5.56 Å². The lowest BCUT2D eigenvalue weighted by atomic mass is 10.2. The largest absolute Gasteiger partial charge is 0.468 e. The number of aromatic amines is 1. The number of carbonyl (C=O) groups is 1. The predicted molar refractivity (Wildman–Crippen MR) is 119 cm³/mol. The van der Waals surface area contributed by atoms with E-state index in [0.29, 0.717) is 5.56 Å². The Hall–Kier alpha value is -2.98. The summed E-state index contributed by atoms with van der Waals surface area (Å²) in [4.78, 5) is 37.7. The Balaban J connectivity index is 1.71. The van der Waals surface area contributed by atoms with E-state index < -0.39 is 43.3 Å². The fraction of sp³-hybridized carbons (Fsp3) is 0.381. The highest BCUT2D eigenvalue weighted by Crippen LogP contribution is 2.45. The summed E-state index contributed by atoms with van der Waals surface area (Å²) in [6.07, 6.45) is 3.20. The molecule has 0 aliphatic carbocycles. The van der Waals surface area contributed by atoms with Crippen LogP contribution in [0.4, 0.5) is 0 Å². The second-order valence-corrected chi connectivity index (χ2v) is 9.19. The maximum absolute atomic E-state index is 13.4. The molecule has 1 aliphatic heterocycles. The third-order valence-corrected chi connectivity index (χ3v) is 6.43. The lowest BCUT2D eigenvalue weighted by Crippen LogP contribution is -2.35. The topological polar surface area (TPSA) is 138 Å². The summed E-state index contributed by atoms with van der Waals surface area (Å²) in [6.45, 7) is 4.73. The van der Waals surface area contributed by atoms with Crippen molar-refractivity contribution in [2.45, 2.75) is 39.1 Å². The van der Waals surface area contributed by atoms with Crippen LogP contribution in [0.5, 0.6) is 5.75 Å². The molecular formula is C21H26N3O8P. The lowest BCUT2D eigenvalue weighted by molar-refractivity contribution is -0.142. The molecule has 178 valence electrons. The van der Waals surface area contributed by atoms with Gasteiger partial charge in [0.05, 0.1) is 13.7 Å². The van der Waals surface area contributed by atoms with Gasteiger partial charge in [0.15, 0.2) is 6.23 Å². The van der Waals surface area contributed by atoms with Gasteiger partial charge in [-0.1, -0.05) is 23.8 Å². The summed E-state index contributed by atoms with van der Waals surface area (Å²) >= 11 is 0. The van der Waals surface area contributed by atoms with Gasteiger partial charge in [-0.25, -0.2) is 9.36 Å². The highest BCUT2D eigenvalue weighted by molar-refractivity contribution is 7.52. The third-order valence-electron chi connectivity index (χ3n) is 4.79. The average Bonchev–Trinajstić information content (AvgIpc) is 3.25. The quantitative estimate of drug-likeness (QED) is 0.314. The Labute approximate surface area is 189 Å².